The standard InChI is InChI=1S/C59H94O5/c1-4-7-10-13-16-19-22-25-28-30-32-34-37-40-43-46-49-52-58(60)63-56-57(55-62-54-51-48-45-42-39-36-33-29-26-23-20-17-14-11-8-5-2)64-59(61)53-50-47-44-41-38-35-31-27-24-21-18-15-12-9-6-3/h7-12,16-21,25-29,31-32,34,36,39,57H,4-6,13-15,22-24,30,33,35,37-38,40-56H2,1-3H3/b10-7-,11-8-,12-9-,19-16-,20-17-,21-18-,28-25-,29-26-,31-27-,34-32-,39-36-. The van der Waals surface area contributed by atoms with E-state index in [1.54, 1.807) is 0 Å². The molecule has 0 radical (unpaired) electrons. The summed E-state index contributed by atoms with van der Waals surface area (Å²) in [6.45, 7) is 7.35. The van der Waals surface area contributed by atoms with Gasteiger partial charge in [0.05, 0.1) is 6.61 Å². The molecule has 64 heavy (non-hydrogen) atoms. The largest absolute Gasteiger partial charge is 0.462 e. The zero-order valence-corrected chi connectivity index (χ0v) is 41.2. The number of rotatable bonds is 45. The van der Waals surface area contributed by atoms with Gasteiger partial charge in [-0.1, -0.05) is 193 Å². The Bertz CT molecular complexity index is 1370. The Hall–Kier alpha value is -3.96. The van der Waals surface area contributed by atoms with Gasteiger partial charge in [-0.25, -0.2) is 0 Å². The van der Waals surface area contributed by atoms with E-state index in [9.17, 15) is 9.59 Å². The van der Waals surface area contributed by atoms with Crippen molar-refractivity contribution in [2.45, 2.75) is 207 Å². The van der Waals surface area contributed by atoms with Gasteiger partial charge in [0.1, 0.15) is 6.61 Å². The molecule has 0 saturated heterocycles. The second-order valence-corrected chi connectivity index (χ2v) is 16.3. The minimum Gasteiger partial charge on any atom is -0.462 e. The quantitative estimate of drug-likeness (QED) is 0.0346. The highest BCUT2D eigenvalue weighted by molar-refractivity contribution is 5.70. The third-order valence-corrected chi connectivity index (χ3v) is 10.2. The Morgan fingerprint density at radius 1 is 0.344 bits per heavy atom. The lowest BCUT2D eigenvalue weighted by Crippen LogP contribution is -2.30. The molecule has 1 unspecified atom stereocenters. The van der Waals surface area contributed by atoms with E-state index in [2.05, 4.69) is 154 Å². The van der Waals surface area contributed by atoms with E-state index in [0.29, 0.717) is 19.4 Å². The van der Waals surface area contributed by atoms with E-state index in [-0.39, 0.29) is 25.2 Å². The van der Waals surface area contributed by atoms with Gasteiger partial charge in [-0.3, -0.25) is 9.59 Å². The first-order valence-electron chi connectivity index (χ1n) is 25.7. The molecule has 0 aliphatic rings. The van der Waals surface area contributed by atoms with Gasteiger partial charge in [0.25, 0.3) is 0 Å². The predicted octanol–water partition coefficient (Wildman–Crippen LogP) is 17.6. The highest BCUT2D eigenvalue weighted by Gasteiger charge is 2.17. The molecule has 0 aromatic carbocycles. The predicted molar refractivity (Wildman–Crippen MR) is 278 cm³/mol. The average Bonchev–Trinajstić information content (AvgIpc) is 3.30. The number of unbranched alkanes of at least 4 members (excludes halogenated alkanes) is 12. The topological polar surface area (TPSA) is 61.8 Å². The molecule has 0 fully saturated rings. The second-order valence-electron chi connectivity index (χ2n) is 16.3. The van der Waals surface area contributed by atoms with Crippen LogP contribution < -0.4 is 0 Å². The van der Waals surface area contributed by atoms with Crippen LogP contribution in [0.25, 0.3) is 0 Å². The van der Waals surface area contributed by atoms with E-state index in [1.165, 1.54) is 6.42 Å². The van der Waals surface area contributed by atoms with Crippen LogP contribution in [0, 0.1) is 0 Å². The Labute approximate surface area is 394 Å². The number of hydrogen-bond acceptors (Lipinski definition) is 5. The summed E-state index contributed by atoms with van der Waals surface area (Å²) < 4.78 is 17.3. The van der Waals surface area contributed by atoms with Gasteiger partial charge < -0.3 is 14.2 Å². The van der Waals surface area contributed by atoms with Crippen molar-refractivity contribution in [3.05, 3.63) is 134 Å². The second kappa shape index (κ2) is 53.4. The van der Waals surface area contributed by atoms with Crippen LogP contribution in [0.3, 0.4) is 0 Å². The van der Waals surface area contributed by atoms with Crippen LogP contribution in [-0.2, 0) is 23.8 Å². The maximum Gasteiger partial charge on any atom is 0.306 e. The summed E-state index contributed by atoms with van der Waals surface area (Å²) in [6, 6.07) is 0. The maximum atomic E-state index is 12.8. The third-order valence-electron chi connectivity index (χ3n) is 10.2. The fraction of sp³-hybridized carbons (Fsp3) is 0.593. The molecule has 0 bridgehead atoms. The van der Waals surface area contributed by atoms with Crippen LogP contribution in [0.5, 0.6) is 0 Å². The first-order valence-corrected chi connectivity index (χ1v) is 25.7. The van der Waals surface area contributed by atoms with E-state index >= 15 is 0 Å². The van der Waals surface area contributed by atoms with Crippen molar-refractivity contribution >= 4 is 11.9 Å². The van der Waals surface area contributed by atoms with Gasteiger partial charge in [0.2, 0.25) is 0 Å². The lowest BCUT2D eigenvalue weighted by molar-refractivity contribution is -0.163. The summed E-state index contributed by atoms with van der Waals surface area (Å²) in [4.78, 5) is 25.4. The number of carbonyl (C=O) groups is 2. The van der Waals surface area contributed by atoms with Gasteiger partial charge in [-0.2, -0.15) is 0 Å². The van der Waals surface area contributed by atoms with Crippen LogP contribution in [0.2, 0.25) is 0 Å². The molecule has 0 aromatic heterocycles. The minimum absolute atomic E-state index is 0.0431. The van der Waals surface area contributed by atoms with E-state index in [4.69, 9.17) is 14.2 Å². The molecule has 1 atom stereocenters. The first-order chi connectivity index (χ1) is 31.6. The van der Waals surface area contributed by atoms with Crippen molar-refractivity contribution in [1.29, 1.82) is 0 Å². The van der Waals surface area contributed by atoms with Gasteiger partial charge in [0.15, 0.2) is 6.10 Å². The van der Waals surface area contributed by atoms with E-state index in [1.807, 2.05) is 0 Å². The number of ether oxygens (including phenoxy) is 3. The molecule has 0 saturated carbocycles. The van der Waals surface area contributed by atoms with Gasteiger partial charge >= 0.3 is 11.9 Å². The van der Waals surface area contributed by atoms with Gasteiger partial charge in [0, 0.05) is 19.4 Å². The smallest absolute Gasteiger partial charge is 0.306 e. The molecule has 360 valence electrons. The molecular weight excluding hydrogens is 789 g/mol. The molecule has 0 aliphatic heterocycles. The van der Waals surface area contributed by atoms with Crippen LogP contribution in [-0.4, -0.2) is 37.9 Å². The van der Waals surface area contributed by atoms with Crippen molar-refractivity contribution in [3.8, 4) is 0 Å². The van der Waals surface area contributed by atoms with Crippen LogP contribution >= 0.6 is 0 Å². The lowest BCUT2D eigenvalue weighted by Gasteiger charge is -2.18. The maximum absolute atomic E-state index is 12.8. The van der Waals surface area contributed by atoms with Crippen LogP contribution in [0.4, 0.5) is 0 Å². The summed E-state index contributed by atoms with van der Waals surface area (Å²) in [5.41, 5.74) is 0. The number of allylic oxidation sites excluding steroid dienone is 22. The monoisotopic (exact) mass is 883 g/mol. The average molecular weight is 883 g/mol. The van der Waals surface area contributed by atoms with Crippen molar-refractivity contribution < 1.29 is 23.8 Å². The highest BCUT2D eigenvalue weighted by atomic mass is 16.6. The van der Waals surface area contributed by atoms with Crippen molar-refractivity contribution in [2.75, 3.05) is 19.8 Å². The molecule has 0 aromatic rings. The third kappa shape index (κ3) is 50.7. The minimum atomic E-state index is -0.582. The van der Waals surface area contributed by atoms with Crippen molar-refractivity contribution in [2.24, 2.45) is 0 Å². The molecule has 5 nitrogen and oxygen atoms in total. The van der Waals surface area contributed by atoms with Gasteiger partial charge in [-0.05, 0) is 128 Å². The zero-order chi connectivity index (χ0) is 46.3. The molecule has 0 rings (SSSR count). The fourth-order valence-electron chi connectivity index (χ4n) is 6.45. The molecule has 5 heteroatoms. The molecular formula is C59H94O5. The molecule has 0 amide bonds. The molecule has 0 spiro atoms. The molecule has 0 aliphatic carbocycles. The number of esters is 2. The summed E-state index contributed by atoms with van der Waals surface area (Å²) in [6.07, 6.45) is 76.0. The van der Waals surface area contributed by atoms with E-state index < -0.39 is 6.10 Å². The molecule has 0 heterocycles. The molecule has 0 N–H and O–H groups in total. The Morgan fingerprint density at radius 2 is 0.656 bits per heavy atom. The van der Waals surface area contributed by atoms with Crippen LogP contribution in [0.15, 0.2) is 134 Å². The Kier molecular flexibility index (Phi) is 50.1. The van der Waals surface area contributed by atoms with E-state index in [0.717, 1.165) is 161 Å². The lowest BCUT2D eigenvalue weighted by atomic mass is 10.1. The number of carbonyl (C=O) groups excluding carboxylic acids is 2. The summed E-state index contributed by atoms with van der Waals surface area (Å²) >= 11 is 0. The Balaban J connectivity index is 4.44. The first kappa shape index (κ1) is 60.0. The van der Waals surface area contributed by atoms with Crippen LogP contribution in [0.1, 0.15) is 201 Å². The van der Waals surface area contributed by atoms with Crippen molar-refractivity contribution in [1.82, 2.24) is 0 Å². The fourth-order valence-corrected chi connectivity index (χ4v) is 6.45. The summed E-state index contributed by atoms with van der Waals surface area (Å²) in [7, 11) is 0. The highest BCUT2D eigenvalue weighted by Crippen LogP contribution is 2.12. The SMILES string of the molecule is CC/C=C\C/C=C\C/C=C\C/C=C\CCCCCCC(=O)OCC(COCCCCC/C=C\C/C=C\C/C=C\C/C=C\CC)OC(=O)CCCCCCC/C=C\C/C=C\C/C=C\CC. The normalized spacial score (nSPS) is 13.4. The zero-order valence-electron chi connectivity index (χ0n) is 41.2. The Morgan fingerprint density at radius 3 is 1.05 bits per heavy atom. The van der Waals surface area contributed by atoms with Gasteiger partial charge in [-0.15, -0.1) is 0 Å². The number of hydrogen-bond donors (Lipinski definition) is 0. The summed E-state index contributed by atoms with van der Waals surface area (Å²) in [5.74, 6) is -0.473. The van der Waals surface area contributed by atoms with Crippen molar-refractivity contribution in [3.63, 3.8) is 0 Å². The summed E-state index contributed by atoms with van der Waals surface area (Å²) in [5, 5.41) is 0.